The van der Waals surface area contributed by atoms with Crippen LogP contribution in [0.1, 0.15) is 29.1 Å². The van der Waals surface area contributed by atoms with Crippen LogP contribution >= 0.6 is 22.7 Å². The van der Waals surface area contributed by atoms with E-state index in [-0.39, 0.29) is 17.7 Å². The number of aryl methyl sites for hydroxylation is 1. The first-order valence-corrected chi connectivity index (χ1v) is 10.4. The number of carbonyl (C=O) groups is 2. The lowest BCUT2D eigenvalue weighted by Crippen LogP contribution is -2.41. The zero-order valence-corrected chi connectivity index (χ0v) is 16.3. The summed E-state index contributed by atoms with van der Waals surface area (Å²) in [6, 6.07) is 5.65. The molecule has 0 aliphatic carbocycles. The van der Waals surface area contributed by atoms with Crippen molar-refractivity contribution in [2.45, 2.75) is 19.8 Å². The molecule has 1 fully saturated rings. The maximum Gasteiger partial charge on any atom is 0.273 e. The number of thiophene rings is 1. The standard InChI is InChI=1S/C18H18N4O3S2/c1-11-9-15(21-25-11)20-16(23)12-4-6-22(7-5-12)18(24)13-10-27-17(19-13)14-3-2-8-26-14/h2-3,8-10,12H,4-7H2,1H3,(H,20,21,23). The van der Waals surface area contributed by atoms with Crippen molar-refractivity contribution < 1.29 is 14.1 Å². The summed E-state index contributed by atoms with van der Waals surface area (Å²) in [5, 5.41) is 11.2. The monoisotopic (exact) mass is 402 g/mol. The predicted octanol–water partition coefficient (Wildman–Crippen LogP) is 3.66. The molecule has 0 atom stereocenters. The number of carbonyl (C=O) groups excluding carboxylic acids is 2. The molecule has 9 heteroatoms. The van der Waals surface area contributed by atoms with Crippen molar-refractivity contribution in [1.29, 1.82) is 0 Å². The number of aromatic nitrogens is 2. The second-order valence-corrected chi connectivity index (χ2v) is 8.20. The summed E-state index contributed by atoms with van der Waals surface area (Å²) in [5.74, 6) is 0.794. The minimum absolute atomic E-state index is 0.0694. The number of piperidine rings is 1. The van der Waals surface area contributed by atoms with Gasteiger partial charge in [0.1, 0.15) is 16.5 Å². The lowest BCUT2D eigenvalue weighted by atomic mass is 9.95. The van der Waals surface area contributed by atoms with E-state index in [1.54, 1.807) is 29.2 Å². The SMILES string of the molecule is Cc1cc(NC(=O)C2CCN(C(=O)c3csc(-c4cccs4)n3)CC2)no1. The summed E-state index contributed by atoms with van der Waals surface area (Å²) in [5.41, 5.74) is 0.476. The molecule has 140 valence electrons. The molecule has 0 unspecified atom stereocenters. The highest BCUT2D eigenvalue weighted by atomic mass is 32.1. The first-order valence-electron chi connectivity index (χ1n) is 8.63. The minimum Gasteiger partial charge on any atom is -0.360 e. The summed E-state index contributed by atoms with van der Waals surface area (Å²) in [4.78, 5) is 32.4. The van der Waals surface area contributed by atoms with Crippen molar-refractivity contribution in [2.24, 2.45) is 5.92 Å². The fourth-order valence-electron chi connectivity index (χ4n) is 3.05. The van der Waals surface area contributed by atoms with Gasteiger partial charge in [0.15, 0.2) is 5.82 Å². The molecule has 0 bridgehead atoms. The van der Waals surface area contributed by atoms with E-state index in [9.17, 15) is 9.59 Å². The maximum absolute atomic E-state index is 12.7. The average molecular weight is 403 g/mol. The first-order chi connectivity index (χ1) is 13.1. The van der Waals surface area contributed by atoms with Crippen molar-refractivity contribution >= 4 is 40.3 Å². The number of anilines is 1. The molecule has 1 N–H and O–H groups in total. The Morgan fingerprint density at radius 1 is 1.30 bits per heavy atom. The quantitative estimate of drug-likeness (QED) is 0.719. The highest BCUT2D eigenvalue weighted by molar-refractivity contribution is 7.20. The van der Waals surface area contributed by atoms with Gasteiger partial charge in [-0.05, 0) is 31.2 Å². The molecule has 0 aromatic carbocycles. The summed E-state index contributed by atoms with van der Waals surface area (Å²) < 4.78 is 4.96. The fourth-order valence-corrected chi connectivity index (χ4v) is 4.65. The highest BCUT2D eigenvalue weighted by Crippen LogP contribution is 2.29. The Morgan fingerprint density at radius 3 is 2.78 bits per heavy atom. The fraction of sp³-hybridized carbons (Fsp3) is 0.333. The van der Waals surface area contributed by atoms with Crippen molar-refractivity contribution in [2.75, 3.05) is 18.4 Å². The normalized spacial score (nSPS) is 15.1. The van der Waals surface area contributed by atoms with Gasteiger partial charge in [-0.25, -0.2) is 4.98 Å². The van der Waals surface area contributed by atoms with E-state index in [0.29, 0.717) is 43.2 Å². The number of hydrogen-bond donors (Lipinski definition) is 1. The van der Waals surface area contributed by atoms with Crippen molar-refractivity contribution in [3.63, 3.8) is 0 Å². The van der Waals surface area contributed by atoms with E-state index in [1.807, 2.05) is 22.9 Å². The number of nitrogens with one attached hydrogen (secondary N) is 1. The van der Waals surface area contributed by atoms with Crippen LogP contribution in [0.5, 0.6) is 0 Å². The van der Waals surface area contributed by atoms with E-state index < -0.39 is 0 Å². The molecule has 1 aliphatic rings. The number of likely N-dealkylation sites (tertiary alicyclic amines) is 1. The maximum atomic E-state index is 12.7. The lowest BCUT2D eigenvalue weighted by molar-refractivity contribution is -0.121. The Bertz CT molecular complexity index is 940. The van der Waals surface area contributed by atoms with Crippen molar-refractivity contribution in [3.05, 3.63) is 40.4 Å². The van der Waals surface area contributed by atoms with Crippen LogP contribution in [0.2, 0.25) is 0 Å². The number of thiazole rings is 1. The zero-order chi connectivity index (χ0) is 18.8. The van der Waals surface area contributed by atoms with E-state index in [4.69, 9.17) is 4.52 Å². The van der Waals surface area contributed by atoms with Gasteiger partial charge in [-0.1, -0.05) is 11.2 Å². The van der Waals surface area contributed by atoms with Crippen molar-refractivity contribution in [3.8, 4) is 9.88 Å². The van der Waals surface area contributed by atoms with E-state index in [0.717, 1.165) is 9.88 Å². The minimum atomic E-state index is -0.136. The van der Waals surface area contributed by atoms with Gasteiger partial charge in [0.05, 0.1) is 4.88 Å². The zero-order valence-electron chi connectivity index (χ0n) is 14.7. The number of hydrogen-bond acceptors (Lipinski definition) is 7. The third-order valence-corrected chi connectivity index (χ3v) is 6.37. The summed E-state index contributed by atoms with van der Waals surface area (Å²) in [6.07, 6.45) is 1.24. The van der Waals surface area contributed by atoms with Crippen LogP contribution in [-0.2, 0) is 4.79 Å². The number of amides is 2. The van der Waals surface area contributed by atoms with Crippen LogP contribution < -0.4 is 5.32 Å². The molecule has 3 aromatic heterocycles. The Morgan fingerprint density at radius 2 is 2.11 bits per heavy atom. The molecule has 7 nitrogen and oxygen atoms in total. The van der Waals surface area contributed by atoms with Gasteiger partial charge in [0.2, 0.25) is 5.91 Å². The molecule has 0 saturated carbocycles. The van der Waals surface area contributed by atoms with Crippen LogP contribution in [0.15, 0.2) is 33.5 Å². The molecule has 4 rings (SSSR count). The predicted molar refractivity (Wildman–Crippen MR) is 104 cm³/mol. The van der Waals surface area contributed by atoms with Gasteiger partial charge in [0.25, 0.3) is 5.91 Å². The summed E-state index contributed by atoms with van der Waals surface area (Å²) in [6.45, 7) is 2.86. The topological polar surface area (TPSA) is 88.3 Å². The molecule has 1 aliphatic heterocycles. The molecular formula is C18H18N4O3S2. The Kier molecular flexibility index (Phi) is 5.04. The average Bonchev–Trinajstić information content (AvgIpc) is 3.43. The smallest absolute Gasteiger partial charge is 0.273 e. The Labute approximate surface area is 164 Å². The number of rotatable bonds is 4. The molecular weight excluding hydrogens is 384 g/mol. The molecule has 1 saturated heterocycles. The first kappa shape index (κ1) is 17.9. The molecule has 4 heterocycles. The van der Waals surface area contributed by atoms with Crippen molar-refractivity contribution in [1.82, 2.24) is 15.0 Å². The summed E-state index contributed by atoms with van der Waals surface area (Å²) in [7, 11) is 0. The van der Waals surface area contributed by atoms with Crippen LogP contribution in [-0.4, -0.2) is 39.9 Å². The van der Waals surface area contributed by atoms with Gasteiger partial charge in [0, 0.05) is 30.5 Å². The molecule has 2 amide bonds. The van der Waals surface area contributed by atoms with Gasteiger partial charge in [-0.15, -0.1) is 22.7 Å². The Hall–Kier alpha value is -2.52. The van der Waals surface area contributed by atoms with Crippen LogP contribution in [0.25, 0.3) is 9.88 Å². The molecule has 3 aromatic rings. The van der Waals surface area contributed by atoms with E-state index >= 15 is 0 Å². The van der Waals surface area contributed by atoms with Crippen LogP contribution in [0, 0.1) is 12.8 Å². The van der Waals surface area contributed by atoms with Gasteiger partial charge >= 0.3 is 0 Å². The second-order valence-electron chi connectivity index (χ2n) is 6.39. The Balaban J connectivity index is 1.33. The van der Waals surface area contributed by atoms with Gasteiger partial charge in [-0.3, -0.25) is 9.59 Å². The van der Waals surface area contributed by atoms with Gasteiger partial charge < -0.3 is 14.7 Å². The third-order valence-electron chi connectivity index (χ3n) is 4.49. The second kappa shape index (κ2) is 7.61. The summed E-state index contributed by atoms with van der Waals surface area (Å²) >= 11 is 3.09. The largest absolute Gasteiger partial charge is 0.360 e. The molecule has 27 heavy (non-hydrogen) atoms. The van der Waals surface area contributed by atoms with E-state index in [1.165, 1.54) is 11.3 Å². The molecule has 0 radical (unpaired) electrons. The van der Waals surface area contributed by atoms with Crippen LogP contribution in [0.4, 0.5) is 5.82 Å². The third kappa shape index (κ3) is 3.93. The number of nitrogens with zero attached hydrogens (tertiary/aromatic N) is 3. The highest BCUT2D eigenvalue weighted by Gasteiger charge is 2.29. The van der Waals surface area contributed by atoms with Gasteiger partial charge in [-0.2, -0.15) is 0 Å². The van der Waals surface area contributed by atoms with E-state index in [2.05, 4.69) is 15.5 Å². The lowest BCUT2D eigenvalue weighted by Gasteiger charge is -2.30. The molecule has 0 spiro atoms. The van der Waals surface area contributed by atoms with Crippen LogP contribution in [0.3, 0.4) is 0 Å².